The van der Waals surface area contributed by atoms with Gasteiger partial charge in [0.05, 0.1) is 13.0 Å². The van der Waals surface area contributed by atoms with Crippen molar-refractivity contribution in [1.82, 2.24) is 0 Å². The van der Waals surface area contributed by atoms with Gasteiger partial charge in [0.15, 0.2) is 0 Å². The van der Waals surface area contributed by atoms with E-state index < -0.39 is 40.7 Å². The number of thiol groups is 1. The molecule has 0 atom stereocenters. The lowest BCUT2D eigenvalue weighted by Gasteiger charge is -2.21. The predicted molar refractivity (Wildman–Crippen MR) is 75.2 cm³/mol. The first-order valence-electron chi connectivity index (χ1n) is 6.76. The first-order valence-corrected chi connectivity index (χ1v) is 7.94. The summed E-state index contributed by atoms with van der Waals surface area (Å²) in [7, 11) is -4.56. The Bertz CT molecular complexity index is 580. The lowest BCUT2D eigenvalue weighted by Crippen LogP contribution is -2.41. The van der Waals surface area contributed by atoms with Crippen LogP contribution < -0.4 is 0 Å². The molecule has 0 aromatic heterocycles. The quantitative estimate of drug-likeness (QED) is 0.320. The zero-order chi connectivity index (χ0) is 17.5. The van der Waals surface area contributed by atoms with Crippen molar-refractivity contribution in [3.63, 3.8) is 0 Å². The molecule has 0 fully saturated rings. The van der Waals surface area contributed by atoms with E-state index in [-0.39, 0.29) is 19.4 Å². The number of esters is 1. The molecule has 130 valence electrons. The minimum absolute atomic E-state index is 0.0196. The van der Waals surface area contributed by atoms with Crippen molar-refractivity contribution in [3.05, 3.63) is 35.9 Å². The fraction of sp³-hybridized carbons (Fsp3) is 0.500. The van der Waals surface area contributed by atoms with Gasteiger partial charge in [-0.05, 0) is 18.4 Å². The summed E-state index contributed by atoms with van der Waals surface area (Å²) >= 11 is 0. The third kappa shape index (κ3) is 5.81. The van der Waals surface area contributed by atoms with Crippen molar-refractivity contribution in [2.24, 2.45) is 0 Å². The highest BCUT2D eigenvalue weighted by molar-refractivity contribution is 7.73. The second kappa shape index (κ2) is 8.28. The summed E-state index contributed by atoms with van der Waals surface area (Å²) in [6.45, 7) is -0.198. The maximum atomic E-state index is 13.1. The summed E-state index contributed by atoms with van der Waals surface area (Å²) in [6.07, 6.45) is -1.75. The summed E-state index contributed by atoms with van der Waals surface area (Å²) < 4.78 is 76.8. The van der Waals surface area contributed by atoms with Crippen molar-refractivity contribution in [2.45, 2.75) is 36.9 Å². The fourth-order valence-corrected chi connectivity index (χ4v) is 2.11. The summed E-state index contributed by atoms with van der Waals surface area (Å²) in [5.74, 6) is -5.20. The number of alkyl halides is 4. The van der Waals surface area contributed by atoms with Crippen molar-refractivity contribution < 1.29 is 35.5 Å². The van der Waals surface area contributed by atoms with Gasteiger partial charge in [0.2, 0.25) is 10.7 Å². The summed E-state index contributed by atoms with van der Waals surface area (Å²) in [5, 5.41) is -5.08. The van der Waals surface area contributed by atoms with Crippen molar-refractivity contribution >= 4 is 16.7 Å². The zero-order valence-corrected chi connectivity index (χ0v) is 12.9. The number of unbranched alkanes of at least 4 members (excludes halogenated alkanes) is 1. The second-order valence-electron chi connectivity index (χ2n) is 4.84. The van der Waals surface area contributed by atoms with Crippen molar-refractivity contribution in [2.75, 3.05) is 6.61 Å². The van der Waals surface area contributed by atoms with E-state index in [0.717, 1.165) is 5.56 Å². The number of hydrogen-bond donors (Lipinski definition) is 1. The Morgan fingerprint density at radius 3 is 2.22 bits per heavy atom. The first-order chi connectivity index (χ1) is 10.7. The molecule has 23 heavy (non-hydrogen) atoms. The predicted octanol–water partition coefficient (Wildman–Crippen LogP) is 2.78. The van der Waals surface area contributed by atoms with E-state index in [1.807, 2.05) is 0 Å². The van der Waals surface area contributed by atoms with Crippen LogP contribution in [0.4, 0.5) is 17.6 Å². The highest BCUT2D eigenvalue weighted by atomic mass is 32.2. The number of carbonyl (C=O) groups is 1. The standard InChI is InChI=1S/C14H16F4O4S/c15-13(16,14(17,18)23(20)21)8-4-5-9-22-12(19)10-11-6-2-1-3-7-11/h1-3,6-7,23H,4-5,8-10H2. The Balaban J connectivity index is 2.29. The van der Waals surface area contributed by atoms with Crippen molar-refractivity contribution in [3.8, 4) is 0 Å². The molecule has 0 radical (unpaired) electrons. The molecule has 1 rings (SSSR count). The Morgan fingerprint density at radius 2 is 1.65 bits per heavy atom. The summed E-state index contributed by atoms with van der Waals surface area (Å²) in [5.41, 5.74) is 0.725. The van der Waals surface area contributed by atoms with E-state index in [9.17, 15) is 30.8 Å². The van der Waals surface area contributed by atoms with Crippen LogP contribution in [-0.2, 0) is 26.7 Å². The van der Waals surface area contributed by atoms with E-state index in [4.69, 9.17) is 4.74 Å². The van der Waals surface area contributed by atoms with E-state index in [2.05, 4.69) is 0 Å². The largest absolute Gasteiger partial charge is 0.465 e. The minimum atomic E-state index is -5.08. The van der Waals surface area contributed by atoms with Crippen LogP contribution in [0.3, 0.4) is 0 Å². The molecule has 0 aliphatic carbocycles. The van der Waals surface area contributed by atoms with Crippen LogP contribution in [0.1, 0.15) is 24.8 Å². The molecule has 0 heterocycles. The molecule has 0 bridgehead atoms. The smallest absolute Gasteiger partial charge is 0.404 e. The lowest BCUT2D eigenvalue weighted by atomic mass is 10.1. The highest BCUT2D eigenvalue weighted by Crippen LogP contribution is 2.38. The minimum Gasteiger partial charge on any atom is -0.465 e. The average molecular weight is 356 g/mol. The molecule has 0 unspecified atom stereocenters. The average Bonchev–Trinajstić information content (AvgIpc) is 2.47. The Hall–Kier alpha value is -1.64. The van der Waals surface area contributed by atoms with Gasteiger partial charge < -0.3 is 4.74 Å². The maximum absolute atomic E-state index is 13.1. The van der Waals surface area contributed by atoms with Gasteiger partial charge in [0, 0.05) is 6.42 Å². The molecule has 0 saturated heterocycles. The fourth-order valence-electron chi connectivity index (χ4n) is 1.73. The molecule has 1 aromatic carbocycles. The molecule has 0 N–H and O–H groups in total. The molecule has 0 saturated carbocycles. The van der Waals surface area contributed by atoms with Crippen LogP contribution in [0.5, 0.6) is 0 Å². The number of carbonyl (C=O) groups excluding carboxylic acids is 1. The molecule has 0 aliphatic rings. The third-order valence-corrected chi connectivity index (χ3v) is 3.79. The number of rotatable bonds is 9. The SMILES string of the molecule is O=C(Cc1ccccc1)OCCCCC(F)(F)C(F)(F)[SH](=O)=O. The number of benzene rings is 1. The molecule has 9 heteroatoms. The molecule has 1 aromatic rings. The Morgan fingerprint density at radius 1 is 1.04 bits per heavy atom. The normalized spacial score (nSPS) is 12.4. The highest BCUT2D eigenvalue weighted by Gasteiger charge is 2.58. The van der Waals surface area contributed by atoms with Gasteiger partial charge in [0.25, 0.3) is 0 Å². The molecule has 0 spiro atoms. The zero-order valence-electron chi connectivity index (χ0n) is 12.0. The van der Waals surface area contributed by atoms with Crippen LogP contribution >= 0.6 is 0 Å². The van der Waals surface area contributed by atoms with Gasteiger partial charge in [-0.3, -0.25) is 4.79 Å². The Kier molecular flexibility index (Phi) is 6.99. The van der Waals surface area contributed by atoms with E-state index in [1.54, 1.807) is 30.3 Å². The van der Waals surface area contributed by atoms with E-state index in [0.29, 0.717) is 0 Å². The van der Waals surface area contributed by atoms with Gasteiger partial charge in [0.1, 0.15) is 0 Å². The van der Waals surface area contributed by atoms with Crippen molar-refractivity contribution in [1.29, 1.82) is 0 Å². The first kappa shape index (κ1) is 19.4. The molecule has 4 nitrogen and oxygen atoms in total. The summed E-state index contributed by atoms with van der Waals surface area (Å²) in [6, 6.07) is 8.69. The van der Waals surface area contributed by atoms with Crippen LogP contribution in [0, 0.1) is 0 Å². The second-order valence-corrected chi connectivity index (χ2v) is 5.92. The van der Waals surface area contributed by atoms with E-state index >= 15 is 0 Å². The molecular weight excluding hydrogens is 340 g/mol. The monoisotopic (exact) mass is 356 g/mol. The third-order valence-electron chi connectivity index (χ3n) is 3.01. The Labute approximate surface area is 132 Å². The van der Waals surface area contributed by atoms with Gasteiger partial charge in [-0.1, -0.05) is 30.3 Å². The molecular formula is C14H16F4O4S. The number of ether oxygens (including phenoxy) is 1. The van der Waals surface area contributed by atoms with Gasteiger partial charge in [-0.2, -0.15) is 17.6 Å². The number of hydrogen-bond acceptors (Lipinski definition) is 4. The lowest BCUT2D eigenvalue weighted by molar-refractivity contribution is -0.160. The number of halogens is 4. The van der Waals surface area contributed by atoms with Crippen LogP contribution in [-0.4, -0.2) is 32.2 Å². The van der Waals surface area contributed by atoms with Gasteiger partial charge in [-0.25, -0.2) is 8.42 Å². The van der Waals surface area contributed by atoms with E-state index in [1.165, 1.54) is 0 Å². The molecule has 0 amide bonds. The van der Waals surface area contributed by atoms with Gasteiger partial charge in [-0.15, -0.1) is 0 Å². The maximum Gasteiger partial charge on any atom is 0.404 e. The van der Waals surface area contributed by atoms with Crippen LogP contribution in [0.25, 0.3) is 0 Å². The topological polar surface area (TPSA) is 60.4 Å². The molecule has 0 aliphatic heterocycles. The van der Waals surface area contributed by atoms with Crippen LogP contribution in [0.2, 0.25) is 0 Å². The summed E-state index contributed by atoms with van der Waals surface area (Å²) in [4.78, 5) is 11.5. The van der Waals surface area contributed by atoms with Gasteiger partial charge >= 0.3 is 17.1 Å². The van der Waals surface area contributed by atoms with Crippen LogP contribution in [0.15, 0.2) is 30.3 Å².